The Morgan fingerprint density at radius 2 is 2.12 bits per heavy atom. The molecule has 0 aliphatic heterocycles. The Bertz CT molecular complexity index is 511. The minimum Gasteiger partial charge on any atom is -0.397 e. The molecule has 3 nitrogen and oxygen atoms in total. The van der Waals surface area contributed by atoms with E-state index in [1.165, 1.54) is 0 Å². The Kier molecular flexibility index (Phi) is 3.40. The molecule has 0 radical (unpaired) electrons. The molecule has 0 aliphatic rings. The van der Waals surface area contributed by atoms with Crippen LogP contribution < -0.4 is 5.73 Å². The van der Waals surface area contributed by atoms with Crippen molar-refractivity contribution in [3.05, 3.63) is 48.3 Å². The van der Waals surface area contributed by atoms with Crippen molar-refractivity contribution >= 4 is 5.69 Å². The highest BCUT2D eigenvalue weighted by molar-refractivity contribution is 5.75. The lowest BCUT2D eigenvalue weighted by molar-refractivity contribution is 0.119. The van der Waals surface area contributed by atoms with Gasteiger partial charge in [0.05, 0.1) is 18.0 Å². The Balaban J connectivity index is 2.43. The third kappa shape index (κ3) is 2.45. The number of hydrogen-bond donors (Lipinski definition) is 1. The molecule has 2 N–H and O–H groups in total. The van der Waals surface area contributed by atoms with E-state index in [9.17, 15) is 0 Å². The Morgan fingerprint density at radius 3 is 2.82 bits per heavy atom. The second-order valence-corrected chi connectivity index (χ2v) is 3.97. The number of nitrogen functional groups attached to an aromatic ring is 1. The molecule has 2 aromatic rings. The monoisotopic (exact) mass is 228 g/mol. The highest BCUT2D eigenvalue weighted by atomic mass is 16.5. The average molecular weight is 228 g/mol. The maximum Gasteiger partial charge on any atom is 0.0793 e. The van der Waals surface area contributed by atoms with E-state index >= 15 is 0 Å². The van der Waals surface area contributed by atoms with E-state index in [-0.39, 0.29) is 6.10 Å². The third-order valence-corrected chi connectivity index (χ3v) is 2.87. The van der Waals surface area contributed by atoms with Crippen LogP contribution in [0.5, 0.6) is 0 Å². The number of nitrogens with two attached hydrogens (primary N) is 1. The van der Waals surface area contributed by atoms with Crippen LogP contribution >= 0.6 is 0 Å². The molecule has 1 aromatic heterocycles. The van der Waals surface area contributed by atoms with Crippen molar-refractivity contribution in [3.63, 3.8) is 0 Å². The summed E-state index contributed by atoms with van der Waals surface area (Å²) >= 11 is 0. The molecule has 0 spiro atoms. The van der Waals surface area contributed by atoms with E-state index in [2.05, 4.69) is 17.1 Å². The minimum absolute atomic E-state index is 0.0815. The second-order valence-electron chi connectivity index (χ2n) is 3.97. The normalized spacial score (nSPS) is 12.4. The quantitative estimate of drug-likeness (QED) is 0.878. The fraction of sp³-hybridized carbons (Fsp3) is 0.214. The van der Waals surface area contributed by atoms with Gasteiger partial charge in [0, 0.05) is 18.9 Å². The van der Waals surface area contributed by atoms with Crippen molar-refractivity contribution in [2.45, 2.75) is 13.0 Å². The fourth-order valence-electron chi connectivity index (χ4n) is 1.76. The molecule has 1 heterocycles. The molecule has 0 saturated heterocycles. The van der Waals surface area contributed by atoms with E-state index in [1.54, 1.807) is 19.5 Å². The average Bonchev–Trinajstić information content (AvgIpc) is 2.38. The lowest BCUT2D eigenvalue weighted by Crippen LogP contribution is -1.96. The number of ether oxygens (including phenoxy) is 1. The van der Waals surface area contributed by atoms with Crippen LogP contribution in [0.1, 0.15) is 18.6 Å². The van der Waals surface area contributed by atoms with Crippen molar-refractivity contribution < 1.29 is 4.74 Å². The Morgan fingerprint density at radius 1 is 1.29 bits per heavy atom. The topological polar surface area (TPSA) is 48.1 Å². The number of nitrogens with zero attached hydrogens (tertiary/aromatic N) is 1. The van der Waals surface area contributed by atoms with Crippen molar-refractivity contribution in [1.82, 2.24) is 4.98 Å². The first kappa shape index (κ1) is 11.6. The van der Waals surface area contributed by atoms with Crippen LogP contribution in [-0.4, -0.2) is 12.1 Å². The summed E-state index contributed by atoms with van der Waals surface area (Å²) in [5.74, 6) is 0. The van der Waals surface area contributed by atoms with Gasteiger partial charge in [0.2, 0.25) is 0 Å². The number of pyridine rings is 1. The van der Waals surface area contributed by atoms with Gasteiger partial charge in [-0.2, -0.15) is 0 Å². The zero-order valence-corrected chi connectivity index (χ0v) is 10.1. The Labute approximate surface area is 101 Å². The molecule has 0 amide bonds. The van der Waals surface area contributed by atoms with Gasteiger partial charge in [-0.3, -0.25) is 4.98 Å². The molecule has 1 atom stereocenters. The van der Waals surface area contributed by atoms with E-state index in [0.29, 0.717) is 5.69 Å². The van der Waals surface area contributed by atoms with Crippen molar-refractivity contribution in [1.29, 1.82) is 0 Å². The van der Waals surface area contributed by atoms with Gasteiger partial charge in [0.25, 0.3) is 0 Å². The molecule has 0 aliphatic carbocycles. The lowest BCUT2D eigenvalue weighted by Gasteiger charge is -2.12. The predicted molar refractivity (Wildman–Crippen MR) is 69.5 cm³/mol. The van der Waals surface area contributed by atoms with Gasteiger partial charge in [-0.25, -0.2) is 0 Å². The Hall–Kier alpha value is -1.87. The van der Waals surface area contributed by atoms with E-state index in [4.69, 9.17) is 10.5 Å². The van der Waals surface area contributed by atoms with Crippen molar-refractivity contribution in [2.75, 3.05) is 12.8 Å². The predicted octanol–water partition coefficient (Wildman–Crippen LogP) is 3.04. The zero-order valence-electron chi connectivity index (χ0n) is 10.1. The summed E-state index contributed by atoms with van der Waals surface area (Å²) in [4.78, 5) is 3.99. The first-order valence-electron chi connectivity index (χ1n) is 5.55. The van der Waals surface area contributed by atoms with Crippen molar-refractivity contribution in [2.24, 2.45) is 0 Å². The van der Waals surface area contributed by atoms with Gasteiger partial charge in [-0.1, -0.05) is 18.2 Å². The maximum atomic E-state index is 5.92. The van der Waals surface area contributed by atoms with Crippen molar-refractivity contribution in [3.8, 4) is 11.1 Å². The van der Waals surface area contributed by atoms with Crippen LogP contribution in [0.25, 0.3) is 11.1 Å². The van der Waals surface area contributed by atoms with Gasteiger partial charge < -0.3 is 10.5 Å². The molecule has 3 heteroatoms. The third-order valence-electron chi connectivity index (χ3n) is 2.87. The molecular formula is C14H16N2O. The molecule has 17 heavy (non-hydrogen) atoms. The second kappa shape index (κ2) is 4.97. The number of anilines is 1. The summed E-state index contributed by atoms with van der Waals surface area (Å²) in [6, 6.07) is 10.1. The number of aromatic nitrogens is 1. The summed E-state index contributed by atoms with van der Waals surface area (Å²) in [5, 5.41) is 0. The van der Waals surface area contributed by atoms with Gasteiger partial charge in [0.15, 0.2) is 0 Å². The van der Waals surface area contributed by atoms with Crippen LogP contribution in [0.3, 0.4) is 0 Å². The summed E-state index contributed by atoms with van der Waals surface area (Å²) in [7, 11) is 1.71. The fourth-order valence-corrected chi connectivity index (χ4v) is 1.76. The van der Waals surface area contributed by atoms with Gasteiger partial charge in [0.1, 0.15) is 0 Å². The summed E-state index contributed by atoms with van der Waals surface area (Å²) < 4.78 is 5.31. The van der Waals surface area contributed by atoms with E-state index < -0.39 is 0 Å². The van der Waals surface area contributed by atoms with Gasteiger partial charge >= 0.3 is 0 Å². The summed E-state index contributed by atoms with van der Waals surface area (Å²) in [6.07, 6.45) is 3.50. The number of rotatable bonds is 3. The first-order chi connectivity index (χ1) is 8.22. The first-order valence-corrected chi connectivity index (χ1v) is 5.55. The standard InChI is InChI=1S/C14H16N2O/c1-10(17-2)11-4-3-5-12(8-11)13-6-7-16-9-14(13)15/h3-10H,15H2,1-2H3/t10-/m1/s1. The lowest BCUT2D eigenvalue weighted by atomic mass is 10.0. The highest BCUT2D eigenvalue weighted by Gasteiger charge is 2.07. The molecule has 0 saturated carbocycles. The zero-order chi connectivity index (χ0) is 12.3. The van der Waals surface area contributed by atoms with E-state index in [0.717, 1.165) is 16.7 Å². The molecule has 88 valence electrons. The summed E-state index contributed by atoms with van der Waals surface area (Å²) in [6.45, 7) is 2.02. The number of hydrogen-bond acceptors (Lipinski definition) is 3. The van der Waals surface area contributed by atoms with Crippen LogP contribution in [0.4, 0.5) is 5.69 Å². The summed E-state index contributed by atoms with van der Waals surface area (Å²) in [5.41, 5.74) is 9.84. The minimum atomic E-state index is 0.0815. The molecule has 0 bridgehead atoms. The number of methoxy groups -OCH3 is 1. The van der Waals surface area contributed by atoms with Crippen LogP contribution in [-0.2, 0) is 4.74 Å². The van der Waals surface area contributed by atoms with E-state index in [1.807, 2.05) is 25.1 Å². The maximum absolute atomic E-state index is 5.92. The van der Waals surface area contributed by atoms with Gasteiger partial charge in [-0.15, -0.1) is 0 Å². The number of benzene rings is 1. The molecular weight excluding hydrogens is 212 g/mol. The van der Waals surface area contributed by atoms with Crippen LogP contribution in [0.15, 0.2) is 42.7 Å². The molecule has 1 aromatic carbocycles. The van der Waals surface area contributed by atoms with Crippen LogP contribution in [0.2, 0.25) is 0 Å². The SMILES string of the molecule is CO[C@H](C)c1cccc(-c2ccncc2N)c1. The molecule has 2 rings (SSSR count). The van der Waals surface area contributed by atoms with Crippen LogP contribution in [0, 0.1) is 0 Å². The smallest absolute Gasteiger partial charge is 0.0793 e. The molecule has 0 fully saturated rings. The largest absolute Gasteiger partial charge is 0.397 e. The molecule has 0 unspecified atom stereocenters. The van der Waals surface area contributed by atoms with Gasteiger partial charge in [-0.05, 0) is 30.2 Å². The highest BCUT2D eigenvalue weighted by Crippen LogP contribution is 2.27.